The van der Waals surface area contributed by atoms with Gasteiger partial charge in [-0.1, -0.05) is 15.9 Å². The fourth-order valence-electron chi connectivity index (χ4n) is 2.65. The summed E-state index contributed by atoms with van der Waals surface area (Å²) in [6.07, 6.45) is 0. The van der Waals surface area contributed by atoms with Crippen LogP contribution in [0.4, 0.5) is 0 Å². The largest absolute Gasteiger partial charge is 0.295 e. The van der Waals surface area contributed by atoms with Gasteiger partial charge in [-0.05, 0) is 41.1 Å². The van der Waals surface area contributed by atoms with Crippen LogP contribution in [-0.2, 0) is 16.6 Å². The molecular weight excluding hydrogens is 478 g/mol. The monoisotopic (exact) mass is 493 g/mol. The van der Waals surface area contributed by atoms with Crippen molar-refractivity contribution in [3.63, 3.8) is 0 Å². The van der Waals surface area contributed by atoms with E-state index in [1.54, 1.807) is 27.8 Å². The molecule has 2 aromatic rings. The third-order valence-corrected chi connectivity index (χ3v) is 8.10. The number of nitrogens with zero attached hydrogens (tertiary/aromatic N) is 3. The van der Waals surface area contributed by atoms with Crippen molar-refractivity contribution in [2.45, 2.75) is 18.4 Å². The summed E-state index contributed by atoms with van der Waals surface area (Å²) in [5.74, 6) is 0. The third-order valence-electron chi connectivity index (χ3n) is 3.89. The molecule has 0 amide bonds. The van der Waals surface area contributed by atoms with E-state index in [1.165, 1.54) is 0 Å². The molecule has 1 aliphatic heterocycles. The van der Waals surface area contributed by atoms with Crippen LogP contribution in [0.3, 0.4) is 0 Å². The highest BCUT2D eigenvalue weighted by Gasteiger charge is 2.30. The Bertz CT molecular complexity index is 831. The topological polar surface area (TPSA) is 53.5 Å². The minimum Gasteiger partial charge on any atom is -0.295 e. The number of sulfonamides is 1. The second-order valence-electron chi connectivity index (χ2n) is 5.61. The molecule has 3 rings (SSSR count). The number of benzene rings is 1. The number of halogens is 2. The lowest BCUT2D eigenvalue weighted by Gasteiger charge is -2.33. The smallest absolute Gasteiger partial charge is 0.244 e. The van der Waals surface area contributed by atoms with Crippen LogP contribution in [0.1, 0.15) is 10.7 Å². The van der Waals surface area contributed by atoms with E-state index in [0.717, 1.165) is 21.7 Å². The average molecular weight is 495 g/mol. The maximum Gasteiger partial charge on any atom is 0.244 e. The van der Waals surface area contributed by atoms with E-state index in [9.17, 15) is 8.42 Å². The lowest BCUT2D eigenvalue weighted by atomic mass is 10.3. The van der Waals surface area contributed by atoms with E-state index in [4.69, 9.17) is 0 Å². The van der Waals surface area contributed by atoms with Crippen molar-refractivity contribution in [3.05, 3.63) is 43.2 Å². The maximum absolute atomic E-state index is 12.9. The second-order valence-corrected chi connectivity index (χ2v) is 10.4. The highest BCUT2D eigenvalue weighted by molar-refractivity contribution is 9.11. The number of hydrogen-bond donors (Lipinski definition) is 0. The molecular formula is C15H17Br2N3O2S2. The molecule has 24 heavy (non-hydrogen) atoms. The van der Waals surface area contributed by atoms with Gasteiger partial charge in [0.1, 0.15) is 0 Å². The van der Waals surface area contributed by atoms with Crippen LogP contribution in [0.2, 0.25) is 0 Å². The van der Waals surface area contributed by atoms with Gasteiger partial charge in [0, 0.05) is 47.0 Å². The van der Waals surface area contributed by atoms with Crippen molar-refractivity contribution in [2.24, 2.45) is 0 Å². The molecule has 130 valence electrons. The number of aryl methyl sites for hydroxylation is 1. The molecule has 1 fully saturated rings. The maximum atomic E-state index is 12.9. The van der Waals surface area contributed by atoms with Gasteiger partial charge in [-0.2, -0.15) is 4.31 Å². The Morgan fingerprint density at radius 1 is 1.21 bits per heavy atom. The van der Waals surface area contributed by atoms with Crippen molar-refractivity contribution in [1.29, 1.82) is 0 Å². The zero-order chi connectivity index (χ0) is 17.3. The minimum atomic E-state index is -3.49. The van der Waals surface area contributed by atoms with Gasteiger partial charge in [0.2, 0.25) is 10.0 Å². The van der Waals surface area contributed by atoms with Gasteiger partial charge in [-0.15, -0.1) is 11.3 Å². The summed E-state index contributed by atoms with van der Waals surface area (Å²) in [7, 11) is -3.49. The van der Waals surface area contributed by atoms with Gasteiger partial charge in [-0.25, -0.2) is 13.4 Å². The zero-order valence-electron chi connectivity index (χ0n) is 13.1. The van der Waals surface area contributed by atoms with Crippen molar-refractivity contribution >= 4 is 53.2 Å². The van der Waals surface area contributed by atoms with Crippen molar-refractivity contribution < 1.29 is 8.42 Å². The Morgan fingerprint density at radius 2 is 1.92 bits per heavy atom. The molecule has 1 aliphatic rings. The molecule has 0 N–H and O–H groups in total. The van der Waals surface area contributed by atoms with Crippen LogP contribution in [0, 0.1) is 6.92 Å². The number of thiazole rings is 1. The van der Waals surface area contributed by atoms with E-state index in [1.807, 2.05) is 13.0 Å². The predicted molar refractivity (Wildman–Crippen MR) is 103 cm³/mol. The molecule has 9 heteroatoms. The first kappa shape index (κ1) is 18.5. The van der Waals surface area contributed by atoms with Crippen molar-refractivity contribution in [1.82, 2.24) is 14.2 Å². The van der Waals surface area contributed by atoms with Gasteiger partial charge >= 0.3 is 0 Å². The predicted octanol–water partition coefficient (Wildman–Crippen LogP) is 3.48. The zero-order valence-corrected chi connectivity index (χ0v) is 17.9. The molecule has 0 saturated carbocycles. The van der Waals surface area contributed by atoms with Gasteiger partial charge in [0.25, 0.3) is 0 Å². The van der Waals surface area contributed by atoms with Crippen LogP contribution >= 0.6 is 43.2 Å². The first-order valence-corrected chi connectivity index (χ1v) is 11.4. The SMILES string of the molecule is Cc1nc(CN2CCN(S(=O)(=O)c3cc(Br)ccc3Br)CC2)cs1. The third kappa shape index (κ3) is 4.08. The molecule has 1 aromatic heterocycles. The van der Waals surface area contributed by atoms with E-state index >= 15 is 0 Å². The standard InChI is InChI=1S/C15H17Br2N3O2S2/c1-11-18-13(10-23-11)9-19-4-6-20(7-5-19)24(21,22)15-8-12(16)2-3-14(15)17/h2-3,8,10H,4-7,9H2,1H3. The van der Waals surface area contributed by atoms with Crippen LogP contribution in [0.5, 0.6) is 0 Å². The van der Waals surface area contributed by atoms with Crippen molar-refractivity contribution in [2.75, 3.05) is 26.2 Å². The van der Waals surface area contributed by atoms with Crippen LogP contribution in [0.25, 0.3) is 0 Å². The summed E-state index contributed by atoms with van der Waals surface area (Å²) in [4.78, 5) is 7.03. The molecule has 1 aromatic carbocycles. The van der Waals surface area contributed by atoms with Crippen LogP contribution in [0.15, 0.2) is 37.4 Å². The molecule has 0 bridgehead atoms. The molecule has 1 saturated heterocycles. The lowest BCUT2D eigenvalue weighted by Crippen LogP contribution is -2.48. The van der Waals surface area contributed by atoms with Gasteiger partial charge in [0.15, 0.2) is 0 Å². The Hall–Kier alpha value is -0.320. The fourth-order valence-corrected chi connectivity index (χ4v) is 6.14. The summed E-state index contributed by atoms with van der Waals surface area (Å²) >= 11 is 8.33. The van der Waals surface area contributed by atoms with Gasteiger partial charge < -0.3 is 0 Å². The number of hydrogen-bond acceptors (Lipinski definition) is 5. The van der Waals surface area contributed by atoms with E-state index < -0.39 is 10.0 Å². The summed E-state index contributed by atoms with van der Waals surface area (Å²) in [5.41, 5.74) is 1.06. The molecule has 2 heterocycles. The second kappa shape index (κ2) is 7.51. The minimum absolute atomic E-state index is 0.306. The van der Waals surface area contributed by atoms with Gasteiger partial charge in [-0.3, -0.25) is 4.90 Å². The van der Waals surface area contributed by atoms with E-state index in [0.29, 0.717) is 35.5 Å². The van der Waals surface area contributed by atoms with E-state index in [-0.39, 0.29) is 0 Å². The quantitative estimate of drug-likeness (QED) is 0.652. The lowest BCUT2D eigenvalue weighted by molar-refractivity contribution is 0.180. The Labute approximate surface area is 163 Å². The highest BCUT2D eigenvalue weighted by Crippen LogP contribution is 2.29. The number of aromatic nitrogens is 1. The van der Waals surface area contributed by atoms with Crippen LogP contribution < -0.4 is 0 Å². The number of rotatable bonds is 4. The fraction of sp³-hybridized carbons (Fsp3) is 0.400. The molecule has 0 spiro atoms. The Morgan fingerprint density at radius 3 is 2.54 bits per heavy atom. The summed E-state index contributed by atoms with van der Waals surface area (Å²) in [5, 5.41) is 3.13. The molecule has 5 nitrogen and oxygen atoms in total. The summed E-state index contributed by atoms with van der Waals surface area (Å²) in [6.45, 7) is 5.17. The molecule has 0 atom stereocenters. The first-order chi connectivity index (χ1) is 11.4. The summed E-state index contributed by atoms with van der Waals surface area (Å²) < 4.78 is 28.6. The Kier molecular flexibility index (Phi) is 5.78. The van der Waals surface area contributed by atoms with E-state index in [2.05, 4.69) is 47.1 Å². The first-order valence-electron chi connectivity index (χ1n) is 7.45. The Balaban J connectivity index is 1.68. The molecule has 0 unspecified atom stereocenters. The van der Waals surface area contributed by atoms with Crippen molar-refractivity contribution in [3.8, 4) is 0 Å². The highest BCUT2D eigenvalue weighted by atomic mass is 79.9. The molecule has 0 radical (unpaired) electrons. The molecule has 0 aliphatic carbocycles. The average Bonchev–Trinajstić information content (AvgIpc) is 2.95. The van der Waals surface area contributed by atoms with Gasteiger partial charge in [0.05, 0.1) is 15.6 Å². The van der Waals surface area contributed by atoms with Crippen LogP contribution in [-0.4, -0.2) is 48.8 Å². The number of piperazine rings is 1. The summed E-state index contributed by atoms with van der Waals surface area (Å²) in [6, 6.07) is 5.21. The normalized spacial score (nSPS) is 17.3.